The number of anilines is 1. The molecule has 0 unspecified atom stereocenters. The van der Waals surface area contributed by atoms with E-state index in [1.165, 1.54) is 18.3 Å². The van der Waals surface area contributed by atoms with Crippen molar-refractivity contribution in [1.82, 2.24) is 15.2 Å². The highest BCUT2D eigenvalue weighted by Gasteiger charge is 2.06. The van der Waals surface area contributed by atoms with Crippen molar-refractivity contribution in [3.8, 4) is 22.8 Å². The molecule has 0 saturated heterocycles. The van der Waals surface area contributed by atoms with E-state index in [4.69, 9.17) is 0 Å². The van der Waals surface area contributed by atoms with E-state index in [2.05, 4.69) is 25.7 Å². The number of aromatic nitrogens is 3. The van der Waals surface area contributed by atoms with E-state index in [0.717, 1.165) is 0 Å². The smallest absolute Gasteiger partial charge is 0.279 e. The summed E-state index contributed by atoms with van der Waals surface area (Å²) in [6.45, 7) is 0. The lowest BCUT2D eigenvalue weighted by Gasteiger charge is -2.01. The minimum Gasteiger partial charge on any atom is -0.504 e. The van der Waals surface area contributed by atoms with E-state index in [9.17, 15) is 15.0 Å². The zero-order valence-electron chi connectivity index (χ0n) is 12.3. The Balaban J connectivity index is 1.74. The number of phenols is 2. The molecular formula is C16H13N5O3. The van der Waals surface area contributed by atoms with Gasteiger partial charge in [-0.1, -0.05) is 30.3 Å². The van der Waals surface area contributed by atoms with E-state index in [-0.39, 0.29) is 23.1 Å². The highest BCUT2D eigenvalue weighted by Crippen LogP contribution is 2.23. The normalized spacial score (nSPS) is 10.8. The van der Waals surface area contributed by atoms with Gasteiger partial charge in [0, 0.05) is 5.56 Å². The van der Waals surface area contributed by atoms with Crippen molar-refractivity contribution < 1.29 is 10.2 Å². The van der Waals surface area contributed by atoms with Crippen LogP contribution in [0.1, 0.15) is 5.56 Å². The number of phenolic OH excluding ortho intramolecular Hbond substituents is 2. The van der Waals surface area contributed by atoms with Crippen LogP contribution >= 0.6 is 0 Å². The van der Waals surface area contributed by atoms with Gasteiger partial charge in [0.05, 0.1) is 6.21 Å². The number of hydrogen-bond acceptors (Lipinski definition) is 7. The summed E-state index contributed by atoms with van der Waals surface area (Å²) in [7, 11) is 0. The van der Waals surface area contributed by atoms with Crippen molar-refractivity contribution in [2.24, 2.45) is 5.10 Å². The number of hydrogen-bond donors (Lipinski definition) is 4. The Hall–Kier alpha value is -3.68. The number of rotatable bonds is 4. The van der Waals surface area contributed by atoms with Gasteiger partial charge in [0.2, 0.25) is 5.95 Å². The Bertz CT molecular complexity index is 938. The van der Waals surface area contributed by atoms with Gasteiger partial charge in [-0.25, -0.2) is 5.43 Å². The Labute approximate surface area is 136 Å². The van der Waals surface area contributed by atoms with Gasteiger partial charge in [0.1, 0.15) is 0 Å². The molecule has 0 bridgehead atoms. The Morgan fingerprint density at radius 3 is 2.54 bits per heavy atom. The standard InChI is InChI=1S/C16H13N5O3/c22-12-7-6-10(8-13(12)23)9-17-20-16-18-15(24)14(19-21-16)11-4-2-1-3-5-11/h1-9,22-23H,(H2,18,20,21,24)/b17-9+. The molecule has 0 spiro atoms. The summed E-state index contributed by atoms with van der Waals surface area (Å²) in [6.07, 6.45) is 1.39. The van der Waals surface area contributed by atoms with Crippen molar-refractivity contribution in [3.05, 3.63) is 64.4 Å². The van der Waals surface area contributed by atoms with Gasteiger partial charge in [-0.05, 0) is 23.8 Å². The topological polar surface area (TPSA) is 123 Å². The maximum Gasteiger partial charge on any atom is 0.279 e. The van der Waals surface area contributed by atoms with Crippen LogP contribution in [0, 0.1) is 0 Å². The number of hydrazone groups is 1. The van der Waals surface area contributed by atoms with Crippen molar-refractivity contribution in [2.45, 2.75) is 0 Å². The summed E-state index contributed by atoms with van der Waals surface area (Å²) in [5.74, 6) is -0.384. The summed E-state index contributed by atoms with van der Waals surface area (Å²) in [5, 5.41) is 30.3. The Morgan fingerprint density at radius 1 is 1.04 bits per heavy atom. The van der Waals surface area contributed by atoms with E-state index in [1.54, 1.807) is 30.3 Å². The van der Waals surface area contributed by atoms with E-state index >= 15 is 0 Å². The molecule has 0 aliphatic heterocycles. The van der Waals surface area contributed by atoms with Gasteiger partial charge in [0.25, 0.3) is 5.56 Å². The van der Waals surface area contributed by atoms with Crippen LogP contribution in [-0.2, 0) is 0 Å². The van der Waals surface area contributed by atoms with Crippen molar-refractivity contribution in [3.63, 3.8) is 0 Å². The number of nitrogens with one attached hydrogen (secondary N) is 2. The average molecular weight is 323 g/mol. The highest BCUT2D eigenvalue weighted by atomic mass is 16.3. The summed E-state index contributed by atoms with van der Waals surface area (Å²) >= 11 is 0. The first kappa shape index (κ1) is 15.2. The van der Waals surface area contributed by atoms with E-state index < -0.39 is 5.56 Å². The Kier molecular flexibility index (Phi) is 4.19. The van der Waals surface area contributed by atoms with Crippen molar-refractivity contribution >= 4 is 12.2 Å². The SMILES string of the molecule is O=c1[nH]c(N/N=C/c2ccc(O)c(O)c2)nnc1-c1ccccc1. The molecule has 4 N–H and O–H groups in total. The molecule has 0 atom stereocenters. The van der Waals surface area contributed by atoms with Gasteiger partial charge in [-0.2, -0.15) is 5.10 Å². The zero-order valence-corrected chi connectivity index (χ0v) is 12.3. The van der Waals surface area contributed by atoms with Crippen LogP contribution in [0.3, 0.4) is 0 Å². The second-order valence-corrected chi connectivity index (χ2v) is 4.84. The molecule has 0 aliphatic rings. The molecule has 0 fully saturated rings. The molecule has 1 heterocycles. The predicted octanol–water partition coefficient (Wildman–Crippen LogP) is 1.69. The molecule has 0 aliphatic carbocycles. The molecule has 0 radical (unpaired) electrons. The van der Waals surface area contributed by atoms with Crippen LogP contribution in [-0.4, -0.2) is 31.6 Å². The molecule has 24 heavy (non-hydrogen) atoms. The van der Waals surface area contributed by atoms with Crippen LogP contribution in [0.5, 0.6) is 11.5 Å². The number of aromatic amines is 1. The first-order chi connectivity index (χ1) is 11.6. The number of nitrogens with zero attached hydrogens (tertiary/aromatic N) is 3. The van der Waals surface area contributed by atoms with Crippen LogP contribution < -0.4 is 11.0 Å². The second kappa shape index (κ2) is 6.61. The number of benzene rings is 2. The second-order valence-electron chi connectivity index (χ2n) is 4.84. The van der Waals surface area contributed by atoms with Crippen LogP contribution in [0.4, 0.5) is 5.95 Å². The van der Waals surface area contributed by atoms with Crippen LogP contribution in [0.15, 0.2) is 58.4 Å². The zero-order chi connectivity index (χ0) is 16.9. The molecule has 8 nitrogen and oxygen atoms in total. The van der Waals surface area contributed by atoms with Crippen LogP contribution in [0.2, 0.25) is 0 Å². The van der Waals surface area contributed by atoms with Crippen molar-refractivity contribution in [1.29, 1.82) is 0 Å². The fourth-order valence-corrected chi connectivity index (χ4v) is 1.96. The van der Waals surface area contributed by atoms with Gasteiger partial charge in [-0.15, -0.1) is 10.2 Å². The summed E-state index contributed by atoms with van der Waals surface area (Å²) in [5.41, 5.74) is 3.58. The molecule has 3 aromatic rings. The summed E-state index contributed by atoms with van der Waals surface area (Å²) < 4.78 is 0. The fourth-order valence-electron chi connectivity index (χ4n) is 1.96. The quantitative estimate of drug-likeness (QED) is 0.329. The predicted molar refractivity (Wildman–Crippen MR) is 89.1 cm³/mol. The monoisotopic (exact) mass is 323 g/mol. The average Bonchev–Trinajstić information content (AvgIpc) is 2.59. The highest BCUT2D eigenvalue weighted by molar-refractivity contribution is 5.81. The minimum absolute atomic E-state index is 0.0823. The minimum atomic E-state index is -0.392. The first-order valence-electron chi connectivity index (χ1n) is 6.97. The summed E-state index contributed by atoms with van der Waals surface area (Å²) in [6, 6.07) is 13.2. The first-order valence-corrected chi connectivity index (χ1v) is 6.97. The third-order valence-electron chi connectivity index (χ3n) is 3.13. The van der Waals surface area contributed by atoms with Gasteiger partial charge >= 0.3 is 0 Å². The largest absolute Gasteiger partial charge is 0.504 e. The molecule has 0 amide bonds. The maximum atomic E-state index is 12.0. The van der Waals surface area contributed by atoms with Gasteiger partial charge in [0.15, 0.2) is 17.2 Å². The van der Waals surface area contributed by atoms with Crippen molar-refractivity contribution in [2.75, 3.05) is 5.43 Å². The molecular weight excluding hydrogens is 310 g/mol. The molecule has 8 heteroatoms. The number of aromatic hydroxyl groups is 2. The lowest BCUT2D eigenvalue weighted by Crippen LogP contribution is -2.15. The molecule has 1 aromatic heterocycles. The van der Waals surface area contributed by atoms with Gasteiger partial charge < -0.3 is 10.2 Å². The van der Waals surface area contributed by atoms with E-state index in [0.29, 0.717) is 11.1 Å². The third kappa shape index (κ3) is 3.38. The molecule has 120 valence electrons. The van der Waals surface area contributed by atoms with E-state index in [1.807, 2.05) is 6.07 Å². The lowest BCUT2D eigenvalue weighted by molar-refractivity contribution is 0.403. The molecule has 2 aromatic carbocycles. The fraction of sp³-hybridized carbons (Fsp3) is 0. The van der Waals surface area contributed by atoms with Crippen LogP contribution in [0.25, 0.3) is 11.3 Å². The third-order valence-corrected chi connectivity index (χ3v) is 3.13. The molecule has 3 rings (SSSR count). The van der Waals surface area contributed by atoms with Gasteiger partial charge in [-0.3, -0.25) is 9.78 Å². The maximum absolute atomic E-state index is 12.0. The number of H-pyrrole nitrogens is 1. The Morgan fingerprint density at radius 2 is 1.83 bits per heavy atom. The summed E-state index contributed by atoms with van der Waals surface area (Å²) in [4.78, 5) is 14.6. The lowest BCUT2D eigenvalue weighted by atomic mass is 10.2. The molecule has 0 saturated carbocycles.